The van der Waals surface area contributed by atoms with E-state index < -0.39 is 0 Å². The quantitative estimate of drug-likeness (QED) is 0.495. The van der Waals surface area contributed by atoms with Crippen molar-refractivity contribution in [2.45, 2.75) is 82.5 Å². The van der Waals surface area contributed by atoms with Crippen LogP contribution >= 0.6 is 0 Å². The van der Waals surface area contributed by atoms with Gasteiger partial charge in [0.15, 0.2) is 0 Å². The molecule has 1 aliphatic heterocycles. The highest BCUT2D eigenvalue weighted by molar-refractivity contribution is 7.97. The van der Waals surface area contributed by atoms with Crippen molar-refractivity contribution in [3.63, 3.8) is 0 Å². The van der Waals surface area contributed by atoms with E-state index in [-0.39, 0.29) is 0 Å². The molecule has 106 valence electrons. The Morgan fingerprint density at radius 2 is 1.83 bits per heavy atom. The molecule has 1 nitrogen and oxygen atoms in total. The summed E-state index contributed by atoms with van der Waals surface area (Å²) in [6, 6.07) is 0. The lowest BCUT2D eigenvalue weighted by molar-refractivity contribution is 0.102. The normalized spacial score (nSPS) is 27.5. The van der Waals surface area contributed by atoms with E-state index in [9.17, 15) is 0 Å². The van der Waals surface area contributed by atoms with E-state index in [1.807, 2.05) is 0 Å². The molecular formula is C16H31OS+. The highest BCUT2D eigenvalue weighted by Crippen LogP contribution is 2.27. The predicted molar refractivity (Wildman–Crippen MR) is 82.5 cm³/mol. The molecule has 0 bridgehead atoms. The minimum Gasteiger partial charge on any atom is -0.378 e. The van der Waals surface area contributed by atoms with Crippen LogP contribution in [0.2, 0.25) is 0 Å². The molecule has 2 heteroatoms. The Bertz CT molecular complexity index is 207. The van der Waals surface area contributed by atoms with E-state index in [0.717, 1.165) is 22.8 Å². The van der Waals surface area contributed by atoms with Gasteiger partial charge in [0.2, 0.25) is 0 Å². The minimum atomic E-state index is 0.614. The zero-order chi connectivity index (χ0) is 12.6. The predicted octanol–water partition coefficient (Wildman–Crippen LogP) is 4.31. The van der Waals surface area contributed by atoms with E-state index in [1.165, 1.54) is 75.7 Å². The zero-order valence-electron chi connectivity index (χ0n) is 12.2. The van der Waals surface area contributed by atoms with Gasteiger partial charge >= 0.3 is 0 Å². The second-order valence-electron chi connectivity index (χ2n) is 5.92. The lowest BCUT2D eigenvalue weighted by Crippen LogP contribution is -2.28. The summed E-state index contributed by atoms with van der Waals surface area (Å²) in [5, 5.41) is 1.09. The van der Waals surface area contributed by atoms with Crippen molar-refractivity contribution in [3.05, 3.63) is 0 Å². The fourth-order valence-corrected chi connectivity index (χ4v) is 6.14. The van der Waals surface area contributed by atoms with Crippen LogP contribution in [0.25, 0.3) is 0 Å². The second kappa shape index (κ2) is 8.47. The van der Waals surface area contributed by atoms with Gasteiger partial charge in [0.25, 0.3) is 0 Å². The third kappa shape index (κ3) is 4.77. The number of hydrogen-bond acceptors (Lipinski definition) is 1. The standard InChI is InChI=1S/C16H31OS/c1-2-18(16-11-4-3-5-12-16)14-7-6-9-15-10-8-13-17-15/h15-16H,2-14H2,1H3/q+1. The molecule has 1 heterocycles. The van der Waals surface area contributed by atoms with Crippen LogP contribution in [-0.4, -0.2) is 29.5 Å². The summed E-state index contributed by atoms with van der Waals surface area (Å²) in [5.74, 6) is 2.94. The van der Waals surface area contributed by atoms with E-state index in [1.54, 1.807) is 0 Å². The van der Waals surface area contributed by atoms with Crippen LogP contribution in [0.4, 0.5) is 0 Å². The van der Waals surface area contributed by atoms with Gasteiger partial charge in [-0.1, -0.05) is 6.42 Å². The van der Waals surface area contributed by atoms with E-state index in [2.05, 4.69) is 6.92 Å². The molecule has 0 radical (unpaired) electrons. The summed E-state index contributed by atoms with van der Waals surface area (Å²) in [6.45, 7) is 3.43. The van der Waals surface area contributed by atoms with Crippen LogP contribution < -0.4 is 0 Å². The maximum Gasteiger partial charge on any atom is 0.118 e. The highest BCUT2D eigenvalue weighted by Gasteiger charge is 2.29. The molecule has 0 N–H and O–H groups in total. The lowest BCUT2D eigenvalue weighted by Gasteiger charge is -2.22. The molecule has 0 spiro atoms. The summed E-state index contributed by atoms with van der Waals surface area (Å²) in [6.07, 6.45) is 15.0. The maximum absolute atomic E-state index is 5.70. The fraction of sp³-hybridized carbons (Fsp3) is 1.00. The average molecular weight is 271 g/mol. The van der Waals surface area contributed by atoms with Crippen LogP contribution in [-0.2, 0) is 15.6 Å². The monoisotopic (exact) mass is 271 g/mol. The summed E-state index contributed by atoms with van der Waals surface area (Å²) < 4.78 is 5.70. The van der Waals surface area contributed by atoms with Gasteiger partial charge in [-0.15, -0.1) is 0 Å². The van der Waals surface area contributed by atoms with E-state index in [0.29, 0.717) is 6.10 Å². The Labute approximate surface area is 116 Å². The van der Waals surface area contributed by atoms with Crippen molar-refractivity contribution in [1.29, 1.82) is 0 Å². The van der Waals surface area contributed by atoms with Gasteiger partial charge in [0.1, 0.15) is 16.8 Å². The number of ether oxygens (including phenoxy) is 1. The smallest absolute Gasteiger partial charge is 0.118 e. The zero-order valence-corrected chi connectivity index (χ0v) is 13.0. The van der Waals surface area contributed by atoms with Gasteiger partial charge in [-0.05, 0) is 75.6 Å². The number of unbranched alkanes of at least 4 members (excludes halogenated alkanes) is 1. The molecule has 2 atom stereocenters. The van der Waals surface area contributed by atoms with Crippen LogP contribution in [0, 0.1) is 0 Å². The van der Waals surface area contributed by atoms with E-state index >= 15 is 0 Å². The first-order valence-corrected chi connectivity index (χ1v) is 9.80. The van der Waals surface area contributed by atoms with Gasteiger partial charge in [-0.25, -0.2) is 0 Å². The molecule has 0 amide bonds. The minimum absolute atomic E-state index is 0.614. The van der Waals surface area contributed by atoms with Gasteiger partial charge in [0.05, 0.1) is 6.10 Å². The maximum atomic E-state index is 5.70. The Morgan fingerprint density at radius 1 is 1.00 bits per heavy atom. The summed E-state index contributed by atoms with van der Waals surface area (Å²) in [5.41, 5.74) is 0. The average Bonchev–Trinajstić information content (AvgIpc) is 2.93. The van der Waals surface area contributed by atoms with Gasteiger partial charge in [-0.2, -0.15) is 0 Å². The first kappa shape index (κ1) is 14.7. The van der Waals surface area contributed by atoms with Crippen molar-refractivity contribution < 1.29 is 4.74 Å². The molecule has 18 heavy (non-hydrogen) atoms. The molecule has 2 unspecified atom stereocenters. The summed E-state index contributed by atoms with van der Waals surface area (Å²) >= 11 is 0. The lowest BCUT2D eigenvalue weighted by atomic mass is 10.0. The molecule has 1 saturated heterocycles. The molecule has 1 aliphatic carbocycles. The van der Waals surface area contributed by atoms with Gasteiger partial charge in [0, 0.05) is 6.61 Å². The van der Waals surface area contributed by atoms with Crippen molar-refractivity contribution in [2.75, 3.05) is 18.1 Å². The number of rotatable bonds is 7. The second-order valence-corrected chi connectivity index (χ2v) is 8.65. The van der Waals surface area contributed by atoms with Crippen LogP contribution in [0.5, 0.6) is 0 Å². The molecule has 2 rings (SSSR count). The van der Waals surface area contributed by atoms with Crippen molar-refractivity contribution in [1.82, 2.24) is 0 Å². The summed E-state index contributed by atoms with van der Waals surface area (Å²) in [7, 11) is 0.738. The molecule has 2 aliphatic rings. The largest absolute Gasteiger partial charge is 0.378 e. The Hall–Kier alpha value is 0.310. The Balaban J connectivity index is 1.57. The number of hydrogen-bond donors (Lipinski definition) is 0. The first-order valence-electron chi connectivity index (χ1n) is 8.18. The third-order valence-corrected chi connectivity index (χ3v) is 7.57. The van der Waals surface area contributed by atoms with Crippen molar-refractivity contribution in [2.24, 2.45) is 0 Å². The fourth-order valence-electron chi connectivity index (χ4n) is 3.48. The molecule has 1 saturated carbocycles. The SMILES string of the molecule is CC[S+](CCCCC1CCCO1)C1CCCCC1. The van der Waals surface area contributed by atoms with Crippen molar-refractivity contribution in [3.8, 4) is 0 Å². The van der Waals surface area contributed by atoms with Crippen LogP contribution in [0.15, 0.2) is 0 Å². The molecule has 0 aromatic carbocycles. The van der Waals surface area contributed by atoms with E-state index in [4.69, 9.17) is 4.74 Å². The molecule has 0 aromatic rings. The van der Waals surface area contributed by atoms with Gasteiger partial charge in [-0.3, -0.25) is 0 Å². The van der Waals surface area contributed by atoms with Crippen molar-refractivity contribution >= 4 is 10.9 Å². The molecular weight excluding hydrogens is 240 g/mol. The Morgan fingerprint density at radius 3 is 2.50 bits per heavy atom. The highest BCUT2D eigenvalue weighted by atomic mass is 32.2. The topological polar surface area (TPSA) is 9.23 Å². The summed E-state index contributed by atoms with van der Waals surface area (Å²) in [4.78, 5) is 0. The third-order valence-electron chi connectivity index (χ3n) is 4.60. The Kier molecular flexibility index (Phi) is 6.93. The molecule has 0 aromatic heterocycles. The van der Waals surface area contributed by atoms with Crippen LogP contribution in [0.1, 0.15) is 71.1 Å². The molecule has 2 fully saturated rings. The van der Waals surface area contributed by atoms with Crippen LogP contribution in [0.3, 0.4) is 0 Å². The van der Waals surface area contributed by atoms with Gasteiger partial charge < -0.3 is 4.74 Å². The first-order chi connectivity index (χ1) is 8.90.